The number of methoxy groups -OCH3 is 1. The Balaban J connectivity index is 1.89. The molecule has 1 heterocycles. The van der Waals surface area contributed by atoms with E-state index in [1.807, 2.05) is 26.0 Å². The highest BCUT2D eigenvalue weighted by molar-refractivity contribution is 5.94. The maximum Gasteiger partial charge on any atom is 0.306 e. The zero-order valence-corrected chi connectivity index (χ0v) is 15.6. The van der Waals surface area contributed by atoms with E-state index < -0.39 is 5.97 Å². The molecule has 26 heavy (non-hydrogen) atoms. The minimum Gasteiger partial charge on any atom is -0.494 e. The van der Waals surface area contributed by atoms with Gasteiger partial charge < -0.3 is 19.3 Å². The van der Waals surface area contributed by atoms with Gasteiger partial charge in [0, 0.05) is 38.2 Å². The number of nitrogens with zero attached hydrogens (tertiary/aromatic N) is 2. The van der Waals surface area contributed by atoms with E-state index in [1.165, 1.54) is 7.11 Å². The van der Waals surface area contributed by atoms with Crippen LogP contribution in [0.2, 0.25) is 0 Å². The molecule has 1 aliphatic rings. The number of benzene rings is 1. The second kappa shape index (κ2) is 9.22. The first-order valence-electron chi connectivity index (χ1n) is 8.83. The van der Waals surface area contributed by atoms with Crippen molar-refractivity contribution in [1.29, 1.82) is 0 Å². The van der Waals surface area contributed by atoms with Crippen LogP contribution in [0.3, 0.4) is 0 Å². The average Bonchev–Trinajstić information content (AvgIpc) is 2.67. The van der Waals surface area contributed by atoms with E-state index in [2.05, 4.69) is 4.74 Å². The molecule has 1 fully saturated rings. The minimum atomic E-state index is -0.391. The fraction of sp³-hybridized carbons (Fsp3) is 0.526. The van der Waals surface area contributed by atoms with Crippen LogP contribution in [-0.4, -0.2) is 67.5 Å². The Morgan fingerprint density at radius 1 is 1.04 bits per heavy atom. The highest BCUT2D eigenvalue weighted by Crippen LogP contribution is 2.20. The maximum absolute atomic E-state index is 12.7. The van der Waals surface area contributed by atoms with E-state index in [-0.39, 0.29) is 24.7 Å². The average molecular weight is 362 g/mol. The normalized spacial score (nSPS) is 14.1. The zero-order valence-electron chi connectivity index (χ0n) is 15.6. The summed E-state index contributed by atoms with van der Waals surface area (Å²) < 4.78 is 10.1. The molecular weight excluding hydrogens is 336 g/mol. The van der Waals surface area contributed by atoms with Crippen LogP contribution in [0, 0.1) is 6.92 Å². The Hall–Kier alpha value is -2.57. The standard InChI is InChI=1S/C19H26N2O5/c1-4-26-16-6-5-15(13-14(16)2)19(24)21-11-9-20(10-12-21)17(22)7-8-18(23)25-3/h5-6,13H,4,7-12H2,1-3H3. The summed E-state index contributed by atoms with van der Waals surface area (Å²) >= 11 is 0. The van der Waals surface area contributed by atoms with Gasteiger partial charge in [-0.2, -0.15) is 0 Å². The Labute approximate surface area is 153 Å². The van der Waals surface area contributed by atoms with Gasteiger partial charge in [0.25, 0.3) is 5.91 Å². The fourth-order valence-corrected chi connectivity index (χ4v) is 2.91. The number of carbonyl (C=O) groups is 3. The van der Waals surface area contributed by atoms with Gasteiger partial charge in [0.15, 0.2) is 0 Å². The Bertz CT molecular complexity index is 666. The van der Waals surface area contributed by atoms with Crippen LogP contribution < -0.4 is 4.74 Å². The number of aryl methyl sites for hydroxylation is 1. The third-order valence-electron chi connectivity index (χ3n) is 4.41. The van der Waals surface area contributed by atoms with Crippen molar-refractivity contribution in [3.8, 4) is 5.75 Å². The van der Waals surface area contributed by atoms with Crippen molar-refractivity contribution in [1.82, 2.24) is 9.80 Å². The Morgan fingerprint density at radius 3 is 2.27 bits per heavy atom. The number of esters is 1. The molecule has 7 heteroatoms. The van der Waals surface area contributed by atoms with Crippen LogP contribution in [0.4, 0.5) is 0 Å². The molecule has 1 aliphatic heterocycles. The topological polar surface area (TPSA) is 76.2 Å². The van der Waals surface area contributed by atoms with Gasteiger partial charge in [-0.25, -0.2) is 0 Å². The fourth-order valence-electron chi connectivity index (χ4n) is 2.91. The number of carbonyl (C=O) groups excluding carboxylic acids is 3. The molecular formula is C19H26N2O5. The number of ether oxygens (including phenoxy) is 2. The molecule has 1 saturated heterocycles. The summed E-state index contributed by atoms with van der Waals surface area (Å²) in [6, 6.07) is 5.42. The molecule has 0 aromatic heterocycles. The van der Waals surface area contributed by atoms with Crippen molar-refractivity contribution in [2.75, 3.05) is 39.9 Å². The second-order valence-electron chi connectivity index (χ2n) is 6.16. The van der Waals surface area contributed by atoms with Gasteiger partial charge in [-0.15, -0.1) is 0 Å². The van der Waals surface area contributed by atoms with Crippen molar-refractivity contribution >= 4 is 17.8 Å². The highest BCUT2D eigenvalue weighted by Gasteiger charge is 2.25. The van der Waals surface area contributed by atoms with Gasteiger partial charge >= 0.3 is 5.97 Å². The largest absolute Gasteiger partial charge is 0.494 e. The van der Waals surface area contributed by atoms with Gasteiger partial charge in [-0.05, 0) is 37.6 Å². The van der Waals surface area contributed by atoms with Crippen molar-refractivity contribution in [3.63, 3.8) is 0 Å². The summed E-state index contributed by atoms with van der Waals surface area (Å²) in [5, 5.41) is 0. The van der Waals surface area contributed by atoms with Gasteiger partial charge in [0.2, 0.25) is 5.91 Å². The maximum atomic E-state index is 12.7. The lowest BCUT2D eigenvalue weighted by atomic mass is 10.1. The number of amides is 2. The lowest BCUT2D eigenvalue weighted by molar-refractivity contribution is -0.143. The molecule has 0 saturated carbocycles. The first-order valence-corrected chi connectivity index (χ1v) is 8.83. The zero-order chi connectivity index (χ0) is 19.1. The van der Waals surface area contributed by atoms with Crippen molar-refractivity contribution in [3.05, 3.63) is 29.3 Å². The summed E-state index contributed by atoms with van der Waals surface area (Å²) in [5.41, 5.74) is 1.55. The first-order chi connectivity index (χ1) is 12.5. The molecule has 7 nitrogen and oxygen atoms in total. The molecule has 0 radical (unpaired) electrons. The molecule has 142 valence electrons. The third-order valence-corrected chi connectivity index (χ3v) is 4.41. The monoisotopic (exact) mass is 362 g/mol. The van der Waals surface area contributed by atoms with Gasteiger partial charge in [0.1, 0.15) is 5.75 Å². The van der Waals surface area contributed by atoms with Crippen LogP contribution in [0.25, 0.3) is 0 Å². The number of piperazine rings is 1. The van der Waals surface area contributed by atoms with Crippen molar-refractivity contribution < 1.29 is 23.9 Å². The van der Waals surface area contributed by atoms with E-state index >= 15 is 0 Å². The van der Waals surface area contributed by atoms with Gasteiger partial charge in [-0.1, -0.05) is 0 Å². The molecule has 2 rings (SSSR count). The summed E-state index contributed by atoms with van der Waals surface area (Å²) in [4.78, 5) is 39.4. The quantitative estimate of drug-likeness (QED) is 0.719. The molecule has 1 aromatic carbocycles. The molecule has 0 spiro atoms. The predicted octanol–water partition coefficient (Wildman–Crippen LogP) is 1.63. The summed E-state index contributed by atoms with van der Waals surface area (Å²) in [6.07, 6.45) is 0.221. The van der Waals surface area contributed by atoms with Crippen molar-refractivity contribution in [2.45, 2.75) is 26.7 Å². The van der Waals surface area contributed by atoms with Gasteiger partial charge in [0.05, 0.1) is 20.1 Å². The molecule has 0 atom stereocenters. The van der Waals surface area contributed by atoms with Crippen LogP contribution >= 0.6 is 0 Å². The molecule has 1 aromatic rings. The molecule has 0 unspecified atom stereocenters. The Morgan fingerprint density at radius 2 is 1.69 bits per heavy atom. The van der Waals surface area contributed by atoms with Crippen LogP contribution in [0.5, 0.6) is 5.75 Å². The van der Waals surface area contributed by atoms with Crippen LogP contribution in [0.15, 0.2) is 18.2 Å². The Kier molecular flexibility index (Phi) is 7.00. The SMILES string of the molecule is CCOc1ccc(C(=O)N2CCN(C(=O)CCC(=O)OC)CC2)cc1C. The minimum absolute atomic E-state index is 0.0437. The predicted molar refractivity (Wildman–Crippen MR) is 96.1 cm³/mol. The summed E-state index contributed by atoms with van der Waals surface area (Å²) in [7, 11) is 1.31. The first kappa shape index (κ1) is 19.8. The van der Waals surface area contributed by atoms with Crippen molar-refractivity contribution in [2.24, 2.45) is 0 Å². The van der Waals surface area contributed by atoms with Crippen LogP contribution in [-0.2, 0) is 14.3 Å². The number of rotatable bonds is 6. The van der Waals surface area contributed by atoms with E-state index in [4.69, 9.17) is 4.74 Å². The molecule has 0 bridgehead atoms. The molecule has 2 amide bonds. The third kappa shape index (κ3) is 4.97. The molecule has 0 aliphatic carbocycles. The number of hydrogen-bond donors (Lipinski definition) is 0. The second-order valence-corrected chi connectivity index (χ2v) is 6.16. The molecule has 0 N–H and O–H groups in total. The smallest absolute Gasteiger partial charge is 0.306 e. The lowest BCUT2D eigenvalue weighted by Crippen LogP contribution is -2.50. The number of hydrogen-bond acceptors (Lipinski definition) is 5. The van der Waals surface area contributed by atoms with Crippen LogP contribution in [0.1, 0.15) is 35.7 Å². The van der Waals surface area contributed by atoms with Gasteiger partial charge in [-0.3, -0.25) is 14.4 Å². The van der Waals surface area contributed by atoms with E-state index in [0.717, 1.165) is 11.3 Å². The van der Waals surface area contributed by atoms with E-state index in [1.54, 1.807) is 15.9 Å². The summed E-state index contributed by atoms with van der Waals surface area (Å²) in [5.74, 6) is 0.264. The lowest BCUT2D eigenvalue weighted by Gasteiger charge is -2.35. The van der Waals surface area contributed by atoms with E-state index in [0.29, 0.717) is 38.3 Å². The van der Waals surface area contributed by atoms with E-state index in [9.17, 15) is 14.4 Å². The summed E-state index contributed by atoms with van der Waals surface area (Å²) in [6.45, 7) is 6.33. The highest BCUT2D eigenvalue weighted by atomic mass is 16.5.